The Balaban J connectivity index is 2.09. The molecule has 0 heterocycles. The van der Waals surface area contributed by atoms with E-state index in [1.165, 1.54) is 19.3 Å². The van der Waals surface area contributed by atoms with Gasteiger partial charge >= 0.3 is 5.97 Å². The molecular weight excluding hydrogens is 348 g/mol. The summed E-state index contributed by atoms with van der Waals surface area (Å²) in [6.07, 6.45) is 1.52. The van der Waals surface area contributed by atoms with Gasteiger partial charge in [-0.25, -0.2) is 4.79 Å². The summed E-state index contributed by atoms with van der Waals surface area (Å²) in [7, 11) is 1.47. The van der Waals surface area contributed by atoms with Crippen LogP contribution in [0.2, 0.25) is 0 Å². The summed E-state index contributed by atoms with van der Waals surface area (Å²) in [4.78, 5) is 23.6. The maximum Gasteiger partial charge on any atom is 0.331 e. The fourth-order valence-corrected chi connectivity index (χ4v) is 2.26. The minimum atomic E-state index is -1.17. The van der Waals surface area contributed by atoms with E-state index in [0.29, 0.717) is 22.6 Å². The van der Waals surface area contributed by atoms with Crippen LogP contribution in [0.3, 0.4) is 0 Å². The molecule has 0 spiro atoms. The Morgan fingerprint density at radius 2 is 1.93 bits per heavy atom. The second kappa shape index (κ2) is 9.63. The van der Waals surface area contributed by atoms with Crippen molar-refractivity contribution in [2.24, 2.45) is 5.73 Å². The minimum absolute atomic E-state index is 0.105. The van der Waals surface area contributed by atoms with Crippen LogP contribution in [-0.2, 0) is 14.3 Å². The zero-order chi connectivity index (χ0) is 19.6. The summed E-state index contributed by atoms with van der Waals surface area (Å²) >= 11 is 0. The van der Waals surface area contributed by atoms with Crippen LogP contribution >= 0.6 is 0 Å². The topological polar surface area (TPSA) is 112 Å². The van der Waals surface area contributed by atoms with Crippen molar-refractivity contribution in [1.29, 1.82) is 5.26 Å². The number of carbonyl (C=O) groups excluding carboxylic acids is 2. The van der Waals surface area contributed by atoms with Crippen LogP contribution in [0.5, 0.6) is 11.5 Å². The third kappa shape index (κ3) is 5.61. The number of nitrogens with two attached hydrogens (primary N) is 1. The van der Waals surface area contributed by atoms with Crippen molar-refractivity contribution in [3.63, 3.8) is 0 Å². The first-order chi connectivity index (χ1) is 13.0. The lowest BCUT2D eigenvalue weighted by Gasteiger charge is -2.13. The van der Waals surface area contributed by atoms with Gasteiger partial charge in [0.1, 0.15) is 6.07 Å². The zero-order valence-corrected chi connectivity index (χ0v) is 14.6. The highest BCUT2D eigenvalue weighted by molar-refractivity contribution is 5.90. The van der Waals surface area contributed by atoms with E-state index in [4.69, 9.17) is 25.2 Å². The predicted molar refractivity (Wildman–Crippen MR) is 97.6 cm³/mol. The Kier molecular flexibility index (Phi) is 6.97. The SMILES string of the molecule is COc1cc(/C=C\C(=O)O[C@@H](C(N)=O)c2ccccc2)ccc1OCC#N. The van der Waals surface area contributed by atoms with Gasteiger partial charge < -0.3 is 19.9 Å². The number of nitrogens with zero attached hydrogens (tertiary/aromatic N) is 1. The van der Waals surface area contributed by atoms with Crippen molar-refractivity contribution in [1.82, 2.24) is 0 Å². The highest BCUT2D eigenvalue weighted by Crippen LogP contribution is 2.28. The van der Waals surface area contributed by atoms with Gasteiger partial charge in [-0.15, -0.1) is 0 Å². The number of hydrogen-bond donors (Lipinski definition) is 1. The Labute approximate surface area is 156 Å². The summed E-state index contributed by atoms with van der Waals surface area (Å²) in [6.45, 7) is -0.105. The van der Waals surface area contributed by atoms with Gasteiger partial charge in [0.2, 0.25) is 6.10 Å². The molecule has 0 unspecified atom stereocenters. The zero-order valence-electron chi connectivity index (χ0n) is 14.6. The van der Waals surface area contributed by atoms with Crippen molar-refractivity contribution >= 4 is 18.0 Å². The molecule has 138 valence electrons. The van der Waals surface area contributed by atoms with Crippen LogP contribution in [0.1, 0.15) is 17.2 Å². The molecule has 0 aliphatic rings. The largest absolute Gasteiger partial charge is 0.493 e. The average molecular weight is 366 g/mol. The lowest BCUT2D eigenvalue weighted by atomic mass is 10.1. The Morgan fingerprint density at radius 1 is 1.19 bits per heavy atom. The molecule has 27 heavy (non-hydrogen) atoms. The summed E-state index contributed by atoms with van der Waals surface area (Å²) in [5.74, 6) is -0.647. The van der Waals surface area contributed by atoms with Crippen LogP contribution in [0.25, 0.3) is 6.08 Å². The van der Waals surface area contributed by atoms with Gasteiger partial charge in [0, 0.05) is 11.6 Å². The van der Waals surface area contributed by atoms with E-state index in [1.54, 1.807) is 48.5 Å². The number of methoxy groups -OCH3 is 1. The number of nitriles is 1. The summed E-state index contributed by atoms with van der Waals surface area (Å²) in [5.41, 5.74) is 6.46. The number of esters is 1. The van der Waals surface area contributed by atoms with Crippen molar-refractivity contribution < 1.29 is 23.8 Å². The lowest BCUT2D eigenvalue weighted by Crippen LogP contribution is -2.25. The van der Waals surface area contributed by atoms with Gasteiger partial charge in [-0.1, -0.05) is 36.4 Å². The minimum Gasteiger partial charge on any atom is -0.493 e. The second-order valence-electron chi connectivity index (χ2n) is 5.32. The molecule has 0 aromatic heterocycles. The molecule has 2 aromatic carbocycles. The Morgan fingerprint density at radius 3 is 2.56 bits per heavy atom. The molecule has 0 aliphatic heterocycles. The molecule has 7 heteroatoms. The first-order valence-electron chi connectivity index (χ1n) is 7.96. The molecule has 1 amide bonds. The number of ether oxygens (including phenoxy) is 3. The average Bonchev–Trinajstić information content (AvgIpc) is 2.69. The number of amides is 1. The van der Waals surface area contributed by atoms with E-state index >= 15 is 0 Å². The van der Waals surface area contributed by atoms with E-state index in [-0.39, 0.29) is 6.61 Å². The highest BCUT2D eigenvalue weighted by atomic mass is 16.5. The molecular formula is C20H18N2O5. The van der Waals surface area contributed by atoms with Crippen LogP contribution in [0, 0.1) is 11.3 Å². The summed E-state index contributed by atoms with van der Waals surface area (Å²) in [6, 6.07) is 15.3. The maximum absolute atomic E-state index is 12.1. The first-order valence-corrected chi connectivity index (χ1v) is 7.96. The molecule has 0 aliphatic carbocycles. The molecule has 2 rings (SSSR count). The molecule has 2 N–H and O–H groups in total. The number of benzene rings is 2. The molecule has 0 radical (unpaired) electrons. The van der Waals surface area contributed by atoms with Crippen LogP contribution < -0.4 is 15.2 Å². The molecule has 1 atom stereocenters. The quantitative estimate of drug-likeness (QED) is 0.567. The van der Waals surface area contributed by atoms with Gasteiger partial charge in [-0.3, -0.25) is 4.79 Å². The molecule has 0 bridgehead atoms. The number of rotatable bonds is 8. The molecule has 0 saturated heterocycles. The van der Waals surface area contributed by atoms with Crippen LogP contribution in [0.15, 0.2) is 54.6 Å². The number of carbonyl (C=O) groups is 2. The Bertz CT molecular complexity index is 872. The fourth-order valence-electron chi connectivity index (χ4n) is 2.26. The Hall–Kier alpha value is -3.79. The second-order valence-corrected chi connectivity index (χ2v) is 5.32. The number of primary amides is 1. The van der Waals surface area contributed by atoms with E-state index in [0.717, 1.165) is 0 Å². The summed E-state index contributed by atoms with van der Waals surface area (Å²) in [5, 5.41) is 8.57. The van der Waals surface area contributed by atoms with E-state index in [2.05, 4.69) is 0 Å². The monoisotopic (exact) mass is 366 g/mol. The van der Waals surface area contributed by atoms with Gasteiger partial charge in [0.15, 0.2) is 18.1 Å². The molecule has 0 saturated carbocycles. The fraction of sp³-hybridized carbons (Fsp3) is 0.150. The number of hydrogen-bond acceptors (Lipinski definition) is 6. The molecule has 7 nitrogen and oxygen atoms in total. The van der Waals surface area contributed by atoms with Gasteiger partial charge in [0.25, 0.3) is 5.91 Å². The first kappa shape index (κ1) is 19.5. The van der Waals surface area contributed by atoms with Crippen molar-refractivity contribution in [2.45, 2.75) is 6.10 Å². The predicted octanol–water partition coefficient (Wildman–Crippen LogP) is 2.38. The summed E-state index contributed by atoms with van der Waals surface area (Å²) < 4.78 is 15.6. The van der Waals surface area contributed by atoms with Crippen LogP contribution in [0.4, 0.5) is 0 Å². The molecule has 2 aromatic rings. The third-order valence-corrected chi connectivity index (χ3v) is 3.49. The normalized spacial score (nSPS) is 11.4. The third-order valence-electron chi connectivity index (χ3n) is 3.49. The smallest absolute Gasteiger partial charge is 0.331 e. The van der Waals surface area contributed by atoms with Crippen molar-refractivity contribution in [3.05, 3.63) is 65.7 Å². The standard InChI is InChI=1S/C20H18N2O5/c1-25-17-13-14(7-9-16(17)26-12-11-21)8-10-18(23)27-19(20(22)24)15-5-3-2-4-6-15/h2-10,13,19H,12H2,1H3,(H2,22,24)/b10-8-/t19-/m1/s1. The van der Waals surface area contributed by atoms with E-state index < -0.39 is 18.0 Å². The van der Waals surface area contributed by atoms with Crippen molar-refractivity contribution in [3.8, 4) is 17.6 Å². The molecule has 0 fully saturated rings. The van der Waals surface area contributed by atoms with Crippen LogP contribution in [-0.4, -0.2) is 25.6 Å². The lowest BCUT2D eigenvalue weighted by molar-refractivity contribution is -0.150. The maximum atomic E-state index is 12.1. The highest BCUT2D eigenvalue weighted by Gasteiger charge is 2.21. The van der Waals surface area contributed by atoms with Crippen molar-refractivity contribution in [2.75, 3.05) is 13.7 Å². The van der Waals surface area contributed by atoms with Gasteiger partial charge in [-0.05, 0) is 23.8 Å². The van der Waals surface area contributed by atoms with Gasteiger partial charge in [0.05, 0.1) is 7.11 Å². The van der Waals surface area contributed by atoms with Gasteiger partial charge in [-0.2, -0.15) is 5.26 Å². The van der Waals surface area contributed by atoms with E-state index in [1.807, 2.05) is 6.07 Å². The van der Waals surface area contributed by atoms with E-state index in [9.17, 15) is 9.59 Å².